The summed E-state index contributed by atoms with van der Waals surface area (Å²) in [5.74, 6) is -0.220. The molecule has 5 nitrogen and oxygen atoms in total. The van der Waals surface area contributed by atoms with Crippen molar-refractivity contribution in [2.75, 3.05) is 13.2 Å². The fourth-order valence-electron chi connectivity index (χ4n) is 4.62. The number of ether oxygens (including phenoxy) is 1. The lowest BCUT2D eigenvalue weighted by Gasteiger charge is -2.28. The molecule has 1 saturated carbocycles. The van der Waals surface area contributed by atoms with Gasteiger partial charge < -0.3 is 9.84 Å². The van der Waals surface area contributed by atoms with Crippen molar-refractivity contribution >= 4 is 5.97 Å². The normalized spacial score (nSPS) is 18.6. The van der Waals surface area contributed by atoms with Crippen molar-refractivity contribution in [3.63, 3.8) is 0 Å². The van der Waals surface area contributed by atoms with Crippen LogP contribution in [0, 0.1) is 24.6 Å². The Kier molecular flexibility index (Phi) is 7.00. The number of nitrogens with zero attached hydrogens (tertiary/aromatic N) is 2. The molecule has 1 aliphatic carbocycles. The van der Waals surface area contributed by atoms with E-state index in [-0.39, 0.29) is 12.4 Å². The lowest BCUT2D eigenvalue weighted by Crippen LogP contribution is -2.23. The maximum atomic E-state index is 13.5. The summed E-state index contributed by atoms with van der Waals surface area (Å²) < 4.78 is 20.9. The second-order valence-electron chi connectivity index (χ2n) is 8.66. The average molecular weight is 437 g/mol. The number of carboxylic acids is 1. The number of aliphatic carboxylic acids is 1. The minimum Gasteiger partial charge on any atom is -0.480 e. The molecule has 0 unspecified atom stereocenters. The lowest BCUT2D eigenvalue weighted by molar-refractivity contribution is -0.142. The van der Waals surface area contributed by atoms with Gasteiger partial charge in [-0.05, 0) is 74.3 Å². The van der Waals surface area contributed by atoms with Gasteiger partial charge in [0.1, 0.15) is 18.1 Å². The highest BCUT2D eigenvalue weighted by Crippen LogP contribution is 2.36. The van der Waals surface area contributed by atoms with Gasteiger partial charge in [-0.25, -0.2) is 9.18 Å². The maximum Gasteiger partial charge on any atom is 0.329 e. The predicted molar refractivity (Wildman–Crippen MR) is 122 cm³/mol. The molecule has 0 amide bonds. The van der Waals surface area contributed by atoms with Crippen molar-refractivity contribution < 1.29 is 19.0 Å². The van der Waals surface area contributed by atoms with Crippen LogP contribution in [0.15, 0.2) is 54.6 Å². The Morgan fingerprint density at radius 2 is 1.69 bits per heavy atom. The Hall–Kier alpha value is -2.99. The first-order valence-electron chi connectivity index (χ1n) is 11.2. The summed E-state index contributed by atoms with van der Waals surface area (Å²) >= 11 is 0. The smallest absolute Gasteiger partial charge is 0.329 e. The molecule has 0 spiro atoms. The van der Waals surface area contributed by atoms with Crippen molar-refractivity contribution in [2.24, 2.45) is 11.8 Å². The van der Waals surface area contributed by atoms with Gasteiger partial charge >= 0.3 is 5.97 Å². The molecule has 3 aromatic rings. The monoisotopic (exact) mass is 436 g/mol. The predicted octanol–water partition coefficient (Wildman–Crippen LogP) is 5.57. The zero-order chi connectivity index (χ0) is 22.5. The number of carbonyl (C=O) groups is 1. The number of carboxylic acid groups (broad SMARTS) is 1. The Balaban J connectivity index is 1.51. The van der Waals surface area contributed by atoms with Crippen LogP contribution in [0.25, 0.3) is 22.4 Å². The molecule has 1 N–H and O–H groups in total. The first-order chi connectivity index (χ1) is 15.5. The summed E-state index contributed by atoms with van der Waals surface area (Å²) in [6, 6.07) is 16.8. The summed E-state index contributed by atoms with van der Waals surface area (Å²) in [6.07, 6.45) is 4.24. The second-order valence-corrected chi connectivity index (χ2v) is 8.66. The highest BCUT2D eigenvalue weighted by Gasteiger charge is 2.24. The van der Waals surface area contributed by atoms with E-state index in [1.54, 1.807) is 12.1 Å². The van der Waals surface area contributed by atoms with Crippen LogP contribution in [-0.4, -0.2) is 34.1 Å². The van der Waals surface area contributed by atoms with Crippen molar-refractivity contribution in [1.29, 1.82) is 0 Å². The number of aromatic nitrogens is 2. The molecule has 1 fully saturated rings. The second kappa shape index (κ2) is 10.1. The van der Waals surface area contributed by atoms with Gasteiger partial charge in [0.2, 0.25) is 0 Å². The summed E-state index contributed by atoms with van der Waals surface area (Å²) in [6.45, 7) is 3.25. The van der Waals surface area contributed by atoms with Gasteiger partial charge in [0.15, 0.2) is 0 Å². The molecule has 1 aliphatic rings. The van der Waals surface area contributed by atoms with E-state index in [1.807, 2.05) is 18.2 Å². The van der Waals surface area contributed by atoms with E-state index in [1.165, 1.54) is 12.1 Å². The molecule has 0 radical (unpaired) electrons. The van der Waals surface area contributed by atoms with Gasteiger partial charge in [0.25, 0.3) is 0 Å². The quantitative estimate of drug-likeness (QED) is 0.501. The van der Waals surface area contributed by atoms with E-state index in [9.17, 15) is 9.18 Å². The van der Waals surface area contributed by atoms with Crippen molar-refractivity contribution in [3.05, 3.63) is 66.1 Å². The van der Waals surface area contributed by atoms with E-state index in [4.69, 9.17) is 14.9 Å². The highest BCUT2D eigenvalue weighted by atomic mass is 19.1. The number of benzene rings is 2. The topological polar surface area (TPSA) is 64.4 Å². The third kappa shape index (κ3) is 5.25. The average Bonchev–Trinajstić information content (AvgIpc) is 3.11. The Morgan fingerprint density at radius 3 is 2.34 bits per heavy atom. The summed E-state index contributed by atoms with van der Waals surface area (Å²) in [5, 5.41) is 13.7. The Labute approximate surface area is 187 Å². The molecule has 168 valence electrons. The Morgan fingerprint density at radius 1 is 1.03 bits per heavy atom. The molecule has 2 aromatic carbocycles. The van der Waals surface area contributed by atoms with Gasteiger partial charge in [0.05, 0.1) is 6.61 Å². The first kappa shape index (κ1) is 22.2. The molecule has 0 aliphatic heterocycles. The number of rotatable bonds is 8. The summed E-state index contributed by atoms with van der Waals surface area (Å²) in [5.41, 5.74) is 5.10. The van der Waals surface area contributed by atoms with E-state index < -0.39 is 5.97 Å². The van der Waals surface area contributed by atoms with E-state index in [2.05, 4.69) is 23.7 Å². The van der Waals surface area contributed by atoms with Crippen molar-refractivity contribution in [2.45, 2.75) is 39.2 Å². The van der Waals surface area contributed by atoms with Gasteiger partial charge in [0, 0.05) is 23.4 Å². The molecule has 32 heavy (non-hydrogen) atoms. The molecule has 1 heterocycles. The minimum absolute atomic E-state index is 0.221. The minimum atomic E-state index is -0.918. The van der Waals surface area contributed by atoms with Crippen LogP contribution in [-0.2, 0) is 16.1 Å². The van der Waals surface area contributed by atoms with Crippen LogP contribution in [0.1, 0.15) is 31.4 Å². The SMILES string of the molecule is Cc1c(-c2ccccc2)c(-c2ccc(F)cc2)nn1C[C@H]1CC[C@H](COCC(=O)O)CC1. The third-order valence-corrected chi connectivity index (χ3v) is 6.36. The molecule has 0 saturated heterocycles. The summed E-state index contributed by atoms with van der Waals surface area (Å²) in [7, 11) is 0. The molecule has 6 heteroatoms. The van der Waals surface area contributed by atoms with Gasteiger partial charge in [-0.2, -0.15) is 5.10 Å². The zero-order valence-electron chi connectivity index (χ0n) is 18.3. The van der Waals surface area contributed by atoms with Crippen LogP contribution in [0.5, 0.6) is 0 Å². The summed E-state index contributed by atoms with van der Waals surface area (Å²) in [4.78, 5) is 10.6. The third-order valence-electron chi connectivity index (χ3n) is 6.36. The van der Waals surface area contributed by atoms with Gasteiger partial charge in [-0.3, -0.25) is 4.68 Å². The van der Waals surface area contributed by atoms with Crippen LogP contribution in [0.4, 0.5) is 4.39 Å². The Bertz CT molecular complexity index is 1040. The van der Waals surface area contributed by atoms with Crippen LogP contribution >= 0.6 is 0 Å². The standard InChI is InChI=1S/C26H29FN2O3/c1-18-25(21-5-3-2-4-6-21)26(22-11-13-23(27)14-12-22)28-29(18)15-19-7-9-20(10-8-19)16-32-17-24(30)31/h2-6,11-14,19-20H,7-10,15-17H2,1H3,(H,30,31)/t19-,20-. The van der Waals surface area contributed by atoms with Gasteiger partial charge in [-0.1, -0.05) is 30.3 Å². The zero-order valence-corrected chi connectivity index (χ0v) is 18.3. The van der Waals surface area contributed by atoms with Crippen LogP contribution < -0.4 is 0 Å². The fourth-order valence-corrected chi connectivity index (χ4v) is 4.62. The molecular formula is C26H29FN2O3. The number of hydrogen-bond donors (Lipinski definition) is 1. The fraction of sp³-hybridized carbons (Fsp3) is 0.385. The largest absolute Gasteiger partial charge is 0.480 e. The molecule has 1 aromatic heterocycles. The first-order valence-corrected chi connectivity index (χ1v) is 11.2. The molecular weight excluding hydrogens is 407 g/mol. The molecule has 4 rings (SSSR count). The number of halogens is 1. The van der Waals surface area contributed by atoms with E-state index in [0.717, 1.165) is 60.3 Å². The van der Waals surface area contributed by atoms with Crippen LogP contribution in [0.2, 0.25) is 0 Å². The van der Waals surface area contributed by atoms with Crippen molar-refractivity contribution in [1.82, 2.24) is 9.78 Å². The lowest BCUT2D eigenvalue weighted by atomic mass is 9.82. The van der Waals surface area contributed by atoms with Crippen LogP contribution in [0.3, 0.4) is 0 Å². The highest BCUT2D eigenvalue weighted by molar-refractivity contribution is 5.82. The van der Waals surface area contributed by atoms with Gasteiger partial charge in [-0.15, -0.1) is 0 Å². The molecule has 0 atom stereocenters. The maximum absolute atomic E-state index is 13.5. The number of hydrogen-bond acceptors (Lipinski definition) is 3. The van der Waals surface area contributed by atoms with E-state index in [0.29, 0.717) is 18.4 Å². The van der Waals surface area contributed by atoms with E-state index >= 15 is 0 Å². The molecule has 0 bridgehead atoms. The van der Waals surface area contributed by atoms with Crippen molar-refractivity contribution in [3.8, 4) is 22.4 Å².